The zero-order chi connectivity index (χ0) is 15.4. The Balaban J connectivity index is 2.12. The number of amides is 3. The molecule has 1 aliphatic rings. The number of carbonyl (C=O) groups excluding carboxylic acids is 3. The first-order valence-corrected chi connectivity index (χ1v) is 6.81. The molecule has 3 amide bonds. The van der Waals surface area contributed by atoms with E-state index in [0.717, 1.165) is 6.42 Å². The second-order valence-corrected chi connectivity index (χ2v) is 5.12. The molecule has 2 N–H and O–H groups in total. The topological polar surface area (TPSA) is 84.5 Å². The number of hydrogen-bond acceptors (Lipinski definition) is 4. The van der Waals surface area contributed by atoms with Crippen molar-refractivity contribution in [3.63, 3.8) is 0 Å². The molecule has 1 aromatic carbocycles. The van der Waals surface area contributed by atoms with Crippen molar-refractivity contribution in [3.8, 4) is 0 Å². The smallest absolute Gasteiger partial charge is 0.321 e. The van der Waals surface area contributed by atoms with Crippen molar-refractivity contribution >= 4 is 17.9 Å². The Labute approximate surface area is 122 Å². The predicted molar refractivity (Wildman–Crippen MR) is 75.1 cm³/mol. The first-order chi connectivity index (χ1) is 10.0. The average molecular weight is 290 g/mol. The highest BCUT2D eigenvalue weighted by Gasteiger charge is 2.42. The Morgan fingerprint density at radius 1 is 1.24 bits per heavy atom. The Bertz CT molecular complexity index is 544. The molecule has 0 unspecified atom stereocenters. The zero-order valence-corrected chi connectivity index (χ0v) is 12.0. The maximum Gasteiger partial charge on any atom is 0.321 e. The van der Waals surface area contributed by atoms with Crippen molar-refractivity contribution in [2.45, 2.75) is 19.4 Å². The molecule has 0 heterocycles. The quantitative estimate of drug-likeness (QED) is 0.821. The highest BCUT2D eigenvalue weighted by Crippen LogP contribution is 2.39. The lowest BCUT2D eigenvalue weighted by Crippen LogP contribution is -2.41. The van der Waals surface area contributed by atoms with Gasteiger partial charge in [-0.2, -0.15) is 0 Å². The molecule has 1 aliphatic carbocycles. The van der Waals surface area contributed by atoms with Crippen LogP contribution in [0.1, 0.15) is 25.0 Å². The molecule has 1 aromatic rings. The van der Waals surface area contributed by atoms with E-state index in [1.54, 1.807) is 30.3 Å². The van der Waals surface area contributed by atoms with Crippen LogP contribution in [0.2, 0.25) is 0 Å². The lowest BCUT2D eigenvalue weighted by atomic mass is 10.1. The number of imide groups is 1. The monoisotopic (exact) mass is 290 g/mol. The number of urea groups is 1. The van der Waals surface area contributed by atoms with Crippen LogP contribution in [-0.4, -0.2) is 25.0 Å². The summed E-state index contributed by atoms with van der Waals surface area (Å²) in [5.74, 6) is -0.925. The summed E-state index contributed by atoms with van der Waals surface area (Å²) in [5, 5.41) is 4.42. The van der Waals surface area contributed by atoms with Crippen LogP contribution in [0, 0.1) is 11.8 Å². The van der Waals surface area contributed by atoms with Crippen LogP contribution < -0.4 is 10.6 Å². The minimum Gasteiger partial charge on any atom is -0.447 e. The molecule has 112 valence electrons. The Hall–Kier alpha value is -2.37. The van der Waals surface area contributed by atoms with Crippen LogP contribution in [0.3, 0.4) is 0 Å². The van der Waals surface area contributed by atoms with Crippen molar-refractivity contribution in [2.24, 2.45) is 11.8 Å². The third-order valence-electron chi connectivity index (χ3n) is 3.45. The highest BCUT2D eigenvalue weighted by atomic mass is 16.5. The molecule has 6 nitrogen and oxygen atoms in total. The van der Waals surface area contributed by atoms with Crippen LogP contribution in [-0.2, 0) is 14.3 Å². The van der Waals surface area contributed by atoms with Crippen LogP contribution in [0.15, 0.2) is 30.3 Å². The largest absolute Gasteiger partial charge is 0.447 e. The average Bonchev–Trinajstić information content (AvgIpc) is 3.22. The predicted octanol–water partition coefficient (Wildman–Crippen LogP) is 1.38. The maximum atomic E-state index is 12.1. The van der Waals surface area contributed by atoms with E-state index in [4.69, 9.17) is 4.74 Å². The number of rotatable bonds is 4. The molecule has 1 saturated carbocycles. The van der Waals surface area contributed by atoms with Gasteiger partial charge in [-0.1, -0.05) is 37.3 Å². The Morgan fingerprint density at radius 3 is 2.38 bits per heavy atom. The van der Waals surface area contributed by atoms with E-state index in [2.05, 4.69) is 10.6 Å². The van der Waals surface area contributed by atoms with Gasteiger partial charge < -0.3 is 10.1 Å². The van der Waals surface area contributed by atoms with Gasteiger partial charge in [0.15, 0.2) is 0 Å². The molecule has 0 spiro atoms. The third kappa shape index (κ3) is 3.81. The van der Waals surface area contributed by atoms with Gasteiger partial charge in [0.25, 0.3) is 5.91 Å². The number of benzene rings is 1. The van der Waals surface area contributed by atoms with Gasteiger partial charge in [-0.25, -0.2) is 4.79 Å². The second-order valence-electron chi connectivity index (χ2n) is 5.12. The van der Waals surface area contributed by atoms with Crippen LogP contribution >= 0.6 is 0 Å². The van der Waals surface area contributed by atoms with Crippen molar-refractivity contribution in [1.82, 2.24) is 10.6 Å². The lowest BCUT2D eigenvalue weighted by molar-refractivity contribution is -0.157. The van der Waals surface area contributed by atoms with Gasteiger partial charge >= 0.3 is 12.0 Å². The van der Waals surface area contributed by atoms with Gasteiger partial charge in [0.2, 0.25) is 6.10 Å². The summed E-state index contributed by atoms with van der Waals surface area (Å²) in [6.07, 6.45) is -0.346. The van der Waals surface area contributed by atoms with Gasteiger partial charge in [0.1, 0.15) is 0 Å². The van der Waals surface area contributed by atoms with Gasteiger partial charge in [0.05, 0.1) is 5.92 Å². The Morgan fingerprint density at radius 2 is 1.86 bits per heavy atom. The van der Waals surface area contributed by atoms with E-state index in [-0.39, 0.29) is 11.8 Å². The number of hydrogen-bond donors (Lipinski definition) is 2. The van der Waals surface area contributed by atoms with E-state index in [1.165, 1.54) is 7.05 Å². The molecule has 2 rings (SSSR count). The molecule has 21 heavy (non-hydrogen) atoms. The number of esters is 1. The number of carbonyl (C=O) groups is 3. The molecule has 1 fully saturated rings. The lowest BCUT2D eigenvalue weighted by Gasteiger charge is -2.17. The molecule has 0 aliphatic heterocycles. The Kier molecular flexibility index (Phi) is 4.57. The van der Waals surface area contributed by atoms with Crippen LogP contribution in [0.4, 0.5) is 4.79 Å². The van der Waals surface area contributed by atoms with Crippen molar-refractivity contribution in [2.75, 3.05) is 7.05 Å². The van der Waals surface area contributed by atoms with Gasteiger partial charge in [-0.3, -0.25) is 14.9 Å². The summed E-state index contributed by atoms with van der Waals surface area (Å²) < 4.78 is 5.31. The summed E-state index contributed by atoms with van der Waals surface area (Å²) >= 11 is 0. The standard InChI is InChI=1S/C15H18N2O4/c1-9-8-11(9)14(19)21-12(10-6-4-3-5-7-10)13(18)17-15(20)16-2/h3-7,9,11-12H,8H2,1-2H3,(H2,16,17,18,20)/t9-,11-,12+/m1/s1. The zero-order valence-electron chi connectivity index (χ0n) is 12.0. The molecular weight excluding hydrogens is 272 g/mol. The fourth-order valence-corrected chi connectivity index (χ4v) is 1.99. The van der Waals surface area contributed by atoms with Gasteiger partial charge in [-0.15, -0.1) is 0 Å². The summed E-state index contributed by atoms with van der Waals surface area (Å²) in [7, 11) is 1.40. The minimum atomic E-state index is -1.12. The summed E-state index contributed by atoms with van der Waals surface area (Å²) in [5.41, 5.74) is 0.528. The number of nitrogens with one attached hydrogen (secondary N) is 2. The van der Waals surface area contributed by atoms with E-state index < -0.39 is 24.0 Å². The minimum absolute atomic E-state index is 0.149. The van der Waals surface area contributed by atoms with Crippen molar-refractivity contribution in [3.05, 3.63) is 35.9 Å². The maximum absolute atomic E-state index is 12.1. The first kappa shape index (κ1) is 15.0. The van der Waals surface area contributed by atoms with E-state index in [9.17, 15) is 14.4 Å². The van der Waals surface area contributed by atoms with Crippen molar-refractivity contribution < 1.29 is 19.1 Å². The molecule has 0 radical (unpaired) electrons. The molecule has 0 bridgehead atoms. The van der Waals surface area contributed by atoms with E-state index in [1.807, 2.05) is 6.92 Å². The summed E-state index contributed by atoms with van der Waals surface area (Å²) in [4.78, 5) is 35.3. The third-order valence-corrected chi connectivity index (χ3v) is 3.45. The fraction of sp³-hybridized carbons (Fsp3) is 0.400. The van der Waals surface area contributed by atoms with E-state index in [0.29, 0.717) is 5.56 Å². The van der Waals surface area contributed by atoms with Crippen molar-refractivity contribution in [1.29, 1.82) is 0 Å². The first-order valence-electron chi connectivity index (χ1n) is 6.81. The summed E-state index contributed by atoms with van der Waals surface area (Å²) in [6.45, 7) is 1.95. The van der Waals surface area contributed by atoms with Gasteiger partial charge in [0, 0.05) is 12.6 Å². The molecule has 0 saturated heterocycles. The normalized spacial score (nSPS) is 21.0. The SMILES string of the molecule is CNC(=O)NC(=O)[C@@H](OC(=O)[C@@H]1C[C@H]1C)c1ccccc1. The molecule has 3 atom stereocenters. The molecule has 6 heteroatoms. The second kappa shape index (κ2) is 6.39. The fourth-order valence-electron chi connectivity index (χ4n) is 1.99. The van der Waals surface area contributed by atoms with Gasteiger partial charge in [-0.05, 0) is 12.3 Å². The summed E-state index contributed by atoms with van der Waals surface area (Å²) in [6, 6.07) is 7.99. The number of ether oxygens (including phenoxy) is 1. The van der Waals surface area contributed by atoms with E-state index >= 15 is 0 Å². The van der Waals surface area contributed by atoms with Crippen LogP contribution in [0.5, 0.6) is 0 Å². The highest BCUT2D eigenvalue weighted by molar-refractivity contribution is 5.97. The van der Waals surface area contributed by atoms with Crippen LogP contribution in [0.25, 0.3) is 0 Å². The molecule has 0 aromatic heterocycles. The molecular formula is C15H18N2O4.